The number of nitro groups is 1. The van der Waals surface area contributed by atoms with Crippen molar-refractivity contribution in [1.82, 2.24) is 9.78 Å². The normalized spacial score (nSPS) is 11.4. The number of nitro benzene ring substituents is 1. The summed E-state index contributed by atoms with van der Waals surface area (Å²) in [6, 6.07) is 5.66. The molecule has 0 radical (unpaired) electrons. The van der Waals surface area contributed by atoms with E-state index < -0.39 is 16.8 Å². The number of hydrogen-bond acceptors (Lipinski definition) is 4. The van der Waals surface area contributed by atoms with Gasteiger partial charge in [0.1, 0.15) is 0 Å². The second kappa shape index (κ2) is 4.83. The summed E-state index contributed by atoms with van der Waals surface area (Å²) in [5.74, 6) is -0.119. The molecule has 2 rings (SSSR count). The molecule has 20 heavy (non-hydrogen) atoms. The first-order chi connectivity index (χ1) is 9.32. The van der Waals surface area contributed by atoms with Gasteiger partial charge in [0.2, 0.25) is 5.88 Å². The molecule has 0 aliphatic heterocycles. The van der Waals surface area contributed by atoms with Gasteiger partial charge in [-0.1, -0.05) is 0 Å². The Hall–Kier alpha value is -2.58. The van der Waals surface area contributed by atoms with Gasteiger partial charge in [-0.05, 0) is 12.1 Å². The molecular weight excluding hydrogens is 279 g/mol. The monoisotopic (exact) mass is 287 g/mol. The van der Waals surface area contributed by atoms with Crippen molar-refractivity contribution in [2.75, 3.05) is 7.11 Å². The quantitative estimate of drug-likeness (QED) is 0.643. The fourth-order valence-corrected chi connectivity index (χ4v) is 1.55. The maximum atomic E-state index is 12.6. The average Bonchev–Trinajstić information content (AvgIpc) is 2.82. The molecule has 1 aromatic heterocycles. The minimum absolute atomic E-state index is 0.119. The summed E-state index contributed by atoms with van der Waals surface area (Å²) in [5, 5.41) is 13.9. The molecule has 0 atom stereocenters. The minimum atomic E-state index is -4.60. The second-order valence-electron chi connectivity index (χ2n) is 3.76. The molecular formula is C11H8F3N3O3. The molecule has 0 amide bonds. The van der Waals surface area contributed by atoms with Crippen LogP contribution >= 0.6 is 0 Å². The van der Waals surface area contributed by atoms with Gasteiger partial charge >= 0.3 is 6.18 Å². The third-order valence-electron chi connectivity index (χ3n) is 2.48. The Morgan fingerprint density at radius 2 is 1.90 bits per heavy atom. The van der Waals surface area contributed by atoms with Crippen LogP contribution in [0.2, 0.25) is 0 Å². The third-order valence-corrected chi connectivity index (χ3v) is 2.48. The Balaban J connectivity index is 2.46. The van der Waals surface area contributed by atoms with Gasteiger partial charge in [0, 0.05) is 18.2 Å². The zero-order chi connectivity index (χ0) is 14.9. The van der Waals surface area contributed by atoms with Crippen molar-refractivity contribution in [3.05, 3.63) is 46.1 Å². The topological polar surface area (TPSA) is 70.2 Å². The van der Waals surface area contributed by atoms with Gasteiger partial charge < -0.3 is 4.74 Å². The van der Waals surface area contributed by atoms with E-state index in [4.69, 9.17) is 4.74 Å². The molecule has 0 bridgehead atoms. The van der Waals surface area contributed by atoms with E-state index in [0.29, 0.717) is 0 Å². The van der Waals surface area contributed by atoms with Crippen LogP contribution in [0.5, 0.6) is 5.88 Å². The molecule has 6 nitrogen and oxygen atoms in total. The van der Waals surface area contributed by atoms with E-state index in [1.807, 2.05) is 0 Å². The molecule has 0 saturated carbocycles. The molecule has 0 unspecified atom stereocenters. The van der Waals surface area contributed by atoms with Crippen LogP contribution in [0, 0.1) is 10.1 Å². The zero-order valence-electron chi connectivity index (χ0n) is 10.1. The van der Waals surface area contributed by atoms with Crippen molar-refractivity contribution in [2.24, 2.45) is 0 Å². The Labute approximate surface area is 110 Å². The summed E-state index contributed by atoms with van der Waals surface area (Å²) in [5.41, 5.74) is -1.05. The fourth-order valence-electron chi connectivity index (χ4n) is 1.55. The van der Waals surface area contributed by atoms with Crippen LogP contribution in [0.1, 0.15) is 5.69 Å². The molecule has 0 spiro atoms. The Morgan fingerprint density at radius 1 is 1.30 bits per heavy atom. The molecule has 106 valence electrons. The highest BCUT2D eigenvalue weighted by atomic mass is 19.4. The third kappa shape index (κ3) is 2.56. The van der Waals surface area contributed by atoms with Crippen LogP contribution in [0.3, 0.4) is 0 Å². The lowest BCUT2D eigenvalue weighted by atomic mass is 10.3. The summed E-state index contributed by atoms with van der Waals surface area (Å²) < 4.78 is 43.5. The highest BCUT2D eigenvalue weighted by molar-refractivity contribution is 5.42. The van der Waals surface area contributed by atoms with Crippen molar-refractivity contribution < 1.29 is 22.8 Å². The fraction of sp³-hybridized carbons (Fsp3) is 0.182. The van der Waals surface area contributed by atoms with Crippen molar-refractivity contribution in [1.29, 1.82) is 0 Å². The van der Waals surface area contributed by atoms with Crippen LogP contribution < -0.4 is 4.74 Å². The van der Waals surface area contributed by atoms with Gasteiger partial charge in [0.15, 0.2) is 5.69 Å². The number of halogens is 3. The Bertz CT molecular complexity index is 635. The summed E-state index contributed by atoms with van der Waals surface area (Å²) in [7, 11) is 1.21. The number of alkyl halides is 3. The molecule has 0 aliphatic rings. The Morgan fingerprint density at radius 3 is 2.35 bits per heavy atom. The maximum absolute atomic E-state index is 12.6. The minimum Gasteiger partial charge on any atom is -0.481 e. The predicted molar refractivity (Wildman–Crippen MR) is 61.8 cm³/mol. The summed E-state index contributed by atoms with van der Waals surface area (Å²) in [6.45, 7) is 0. The lowest BCUT2D eigenvalue weighted by Gasteiger charge is -2.05. The number of methoxy groups -OCH3 is 1. The Kier molecular flexibility index (Phi) is 3.35. The van der Waals surface area contributed by atoms with E-state index in [9.17, 15) is 23.3 Å². The van der Waals surface area contributed by atoms with E-state index >= 15 is 0 Å². The summed E-state index contributed by atoms with van der Waals surface area (Å²) >= 11 is 0. The largest absolute Gasteiger partial charge is 0.481 e. The summed E-state index contributed by atoms with van der Waals surface area (Å²) in [6.07, 6.45) is -4.60. The molecule has 0 N–H and O–H groups in total. The maximum Gasteiger partial charge on any atom is 0.435 e. The van der Waals surface area contributed by atoms with Crippen molar-refractivity contribution in [2.45, 2.75) is 6.18 Å². The standard InChI is InChI=1S/C11H8F3N3O3/c1-20-10-6-9(11(12,13)14)15-16(10)7-2-4-8(5-3-7)17(18)19/h2-6H,1H3. The molecule has 0 fully saturated rings. The zero-order valence-corrected chi connectivity index (χ0v) is 10.1. The smallest absolute Gasteiger partial charge is 0.435 e. The van der Waals surface area contributed by atoms with E-state index in [1.54, 1.807) is 0 Å². The van der Waals surface area contributed by atoms with Gasteiger partial charge in [-0.3, -0.25) is 10.1 Å². The number of aromatic nitrogens is 2. The lowest BCUT2D eigenvalue weighted by molar-refractivity contribution is -0.384. The molecule has 0 aliphatic carbocycles. The first-order valence-electron chi connectivity index (χ1n) is 5.29. The number of hydrogen-bond donors (Lipinski definition) is 0. The number of benzene rings is 1. The van der Waals surface area contributed by atoms with Crippen LogP contribution in [-0.2, 0) is 6.18 Å². The lowest BCUT2D eigenvalue weighted by Crippen LogP contribution is -2.07. The molecule has 1 aromatic carbocycles. The van der Waals surface area contributed by atoms with Crippen molar-refractivity contribution in [3.8, 4) is 11.6 Å². The first-order valence-corrected chi connectivity index (χ1v) is 5.29. The highest BCUT2D eigenvalue weighted by Gasteiger charge is 2.35. The highest BCUT2D eigenvalue weighted by Crippen LogP contribution is 2.32. The number of rotatable bonds is 3. The predicted octanol–water partition coefficient (Wildman–Crippen LogP) is 2.81. The van der Waals surface area contributed by atoms with Gasteiger partial charge in [0.05, 0.1) is 17.7 Å². The van der Waals surface area contributed by atoms with Crippen LogP contribution in [0.25, 0.3) is 5.69 Å². The number of nitrogens with zero attached hydrogens (tertiary/aromatic N) is 3. The average molecular weight is 287 g/mol. The van der Waals surface area contributed by atoms with Crippen molar-refractivity contribution in [3.63, 3.8) is 0 Å². The number of non-ortho nitro benzene ring substituents is 1. The van der Waals surface area contributed by atoms with Crippen LogP contribution in [-0.4, -0.2) is 21.8 Å². The summed E-state index contributed by atoms with van der Waals surface area (Å²) in [4.78, 5) is 9.91. The van der Waals surface area contributed by atoms with E-state index in [-0.39, 0.29) is 17.3 Å². The van der Waals surface area contributed by atoms with Gasteiger partial charge in [0.25, 0.3) is 5.69 Å². The van der Waals surface area contributed by atoms with Gasteiger partial charge in [-0.25, -0.2) is 4.68 Å². The van der Waals surface area contributed by atoms with Crippen LogP contribution in [0.15, 0.2) is 30.3 Å². The van der Waals surface area contributed by atoms with Gasteiger partial charge in [-0.15, -0.1) is 0 Å². The molecule has 1 heterocycles. The van der Waals surface area contributed by atoms with Gasteiger partial charge in [-0.2, -0.15) is 18.3 Å². The SMILES string of the molecule is COc1cc(C(F)(F)F)nn1-c1ccc([N+](=O)[O-])cc1. The first kappa shape index (κ1) is 13.8. The van der Waals surface area contributed by atoms with E-state index in [2.05, 4.69) is 5.10 Å². The van der Waals surface area contributed by atoms with Crippen LogP contribution in [0.4, 0.5) is 18.9 Å². The molecule has 0 saturated heterocycles. The van der Waals surface area contributed by atoms with Crippen molar-refractivity contribution >= 4 is 5.69 Å². The molecule has 2 aromatic rings. The molecule has 9 heteroatoms. The number of ether oxygens (including phenoxy) is 1. The second-order valence-corrected chi connectivity index (χ2v) is 3.76. The van der Waals surface area contributed by atoms with E-state index in [0.717, 1.165) is 10.7 Å². The van der Waals surface area contributed by atoms with E-state index in [1.165, 1.54) is 31.4 Å².